The molecule has 3 N–H and O–H groups in total. The molecule has 1 saturated heterocycles. The van der Waals surface area contributed by atoms with Gasteiger partial charge in [0.1, 0.15) is 6.17 Å². The number of halogens is 4. The van der Waals surface area contributed by atoms with Gasteiger partial charge in [-0.2, -0.15) is 0 Å². The van der Waals surface area contributed by atoms with E-state index in [1.807, 2.05) is 4.98 Å². The van der Waals surface area contributed by atoms with Crippen molar-refractivity contribution in [2.45, 2.75) is 51.4 Å². The third kappa shape index (κ3) is 3.04. The summed E-state index contributed by atoms with van der Waals surface area (Å²) in [6, 6.07) is -0.741. The van der Waals surface area contributed by atoms with E-state index in [2.05, 4.69) is 0 Å². The largest absolute Gasteiger partial charge is 0.366 e. The van der Waals surface area contributed by atoms with Crippen LogP contribution < -0.4 is 21.9 Å². The summed E-state index contributed by atoms with van der Waals surface area (Å²) in [4.78, 5) is 28.2. The molecule has 1 aliphatic carbocycles. The van der Waals surface area contributed by atoms with E-state index >= 15 is 4.39 Å². The highest BCUT2D eigenvalue weighted by molar-refractivity contribution is 5.90. The smallest absolute Gasteiger partial charge is 0.329 e. The first-order valence-electron chi connectivity index (χ1n) is 9.56. The summed E-state index contributed by atoms with van der Waals surface area (Å²) in [5.74, 6) is -1.83. The van der Waals surface area contributed by atoms with E-state index in [0.717, 1.165) is 0 Å². The number of rotatable bonds is 4. The predicted octanol–water partition coefficient (Wildman–Crippen LogP) is 2.53. The van der Waals surface area contributed by atoms with E-state index in [1.54, 1.807) is 6.92 Å². The summed E-state index contributed by atoms with van der Waals surface area (Å²) in [5.41, 5.74) is 2.96. The standard InChI is InChI=1S/C19H22F4N4O2/c1-7-15-13(18(28)25-19(29)27(15)9-3-4-9)12(17(22)23)14(21)16(7)26-5-10(8(2)24)11(20)6-26/h8-11,17H,3-6,24H2,1-2H3,(H,25,28,29). The molecule has 0 bridgehead atoms. The number of aromatic amines is 1. The van der Waals surface area contributed by atoms with Gasteiger partial charge in [-0.3, -0.25) is 14.3 Å². The van der Waals surface area contributed by atoms with Crippen LogP contribution in [0.5, 0.6) is 0 Å². The Hall–Kier alpha value is -2.36. The first-order chi connectivity index (χ1) is 13.6. The molecule has 2 heterocycles. The number of aromatic nitrogens is 2. The number of fused-ring (bicyclic) bond motifs is 1. The molecule has 6 nitrogen and oxygen atoms in total. The number of benzene rings is 1. The number of hydrogen-bond acceptors (Lipinski definition) is 4. The van der Waals surface area contributed by atoms with Crippen LogP contribution in [0.15, 0.2) is 9.59 Å². The maximum Gasteiger partial charge on any atom is 0.329 e. The SMILES string of the molecule is Cc1c(N2CC(F)C(C(C)N)C2)c(F)c(C(F)F)c2c(=O)[nH]c(=O)n(C3CC3)c12. The van der Waals surface area contributed by atoms with Crippen molar-refractivity contribution in [1.29, 1.82) is 0 Å². The predicted molar refractivity (Wildman–Crippen MR) is 101 cm³/mol. The fourth-order valence-electron chi connectivity index (χ4n) is 4.41. The highest BCUT2D eigenvalue weighted by atomic mass is 19.3. The Kier molecular flexibility index (Phi) is 4.71. The van der Waals surface area contributed by atoms with Crippen LogP contribution in [-0.4, -0.2) is 34.9 Å². The molecule has 3 unspecified atom stereocenters. The molecule has 0 spiro atoms. The zero-order chi connectivity index (χ0) is 21.2. The Bertz CT molecular complexity index is 1090. The Balaban J connectivity index is 2.05. The lowest BCUT2D eigenvalue weighted by Gasteiger charge is -2.25. The molecule has 4 rings (SSSR count). The van der Waals surface area contributed by atoms with Crippen LogP contribution >= 0.6 is 0 Å². The summed E-state index contributed by atoms with van der Waals surface area (Å²) < 4.78 is 58.8. The number of nitrogens with two attached hydrogens (primary N) is 1. The number of alkyl halides is 3. The Morgan fingerprint density at radius 2 is 1.86 bits per heavy atom. The third-order valence-electron chi connectivity index (χ3n) is 5.98. The van der Waals surface area contributed by atoms with Crippen LogP contribution in [0.3, 0.4) is 0 Å². The minimum atomic E-state index is -3.28. The maximum absolute atomic E-state index is 15.3. The van der Waals surface area contributed by atoms with Crippen LogP contribution in [0, 0.1) is 18.7 Å². The second-order valence-corrected chi connectivity index (χ2v) is 8.03. The van der Waals surface area contributed by atoms with Gasteiger partial charge in [0.15, 0.2) is 5.82 Å². The van der Waals surface area contributed by atoms with Gasteiger partial charge < -0.3 is 10.6 Å². The molecule has 0 radical (unpaired) electrons. The summed E-state index contributed by atoms with van der Waals surface area (Å²) >= 11 is 0. The highest BCUT2D eigenvalue weighted by Crippen LogP contribution is 2.43. The van der Waals surface area contributed by atoms with E-state index in [0.29, 0.717) is 12.8 Å². The molecule has 1 saturated carbocycles. The van der Waals surface area contributed by atoms with E-state index in [4.69, 9.17) is 5.73 Å². The molecule has 2 fully saturated rings. The van der Waals surface area contributed by atoms with E-state index in [9.17, 15) is 22.8 Å². The molecular weight excluding hydrogens is 392 g/mol. The Morgan fingerprint density at radius 1 is 1.21 bits per heavy atom. The zero-order valence-electron chi connectivity index (χ0n) is 16.0. The molecule has 1 aromatic carbocycles. The van der Waals surface area contributed by atoms with Gasteiger partial charge in [-0.1, -0.05) is 0 Å². The van der Waals surface area contributed by atoms with E-state index < -0.39 is 52.6 Å². The van der Waals surface area contributed by atoms with Gasteiger partial charge >= 0.3 is 5.69 Å². The van der Waals surface area contributed by atoms with Gasteiger partial charge in [-0.05, 0) is 26.7 Å². The summed E-state index contributed by atoms with van der Waals surface area (Å²) in [5, 5.41) is -0.523. The van der Waals surface area contributed by atoms with Crippen molar-refractivity contribution in [1.82, 2.24) is 9.55 Å². The molecule has 29 heavy (non-hydrogen) atoms. The van der Waals surface area contributed by atoms with Crippen molar-refractivity contribution in [3.63, 3.8) is 0 Å². The second-order valence-electron chi connectivity index (χ2n) is 8.03. The molecule has 10 heteroatoms. The minimum absolute atomic E-state index is 0.00685. The van der Waals surface area contributed by atoms with Gasteiger partial charge in [0, 0.05) is 36.7 Å². The van der Waals surface area contributed by atoms with Crippen molar-refractivity contribution in [3.05, 3.63) is 37.8 Å². The average molecular weight is 414 g/mol. The Morgan fingerprint density at radius 3 is 2.38 bits per heavy atom. The van der Waals surface area contributed by atoms with Gasteiger partial charge in [0.25, 0.3) is 12.0 Å². The number of anilines is 1. The van der Waals surface area contributed by atoms with Crippen LogP contribution in [0.2, 0.25) is 0 Å². The van der Waals surface area contributed by atoms with Crippen LogP contribution in [0.25, 0.3) is 10.9 Å². The monoisotopic (exact) mass is 414 g/mol. The molecule has 3 atom stereocenters. The number of nitrogens with one attached hydrogen (secondary N) is 1. The molecule has 2 aliphatic rings. The topological polar surface area (TPSA) is 84.1 Å². The van der Waals surface area contributed by atoms with Gasteiger partial charge in [0.05, 0.1) is 22.2 Å². The lowest BCUT2D eigenvalue weighted by molar-refractivity contribution is 0.148. The molecule has 158 valence electrons. The minimum Gasteiger partial charge on any atom is -0.366 e. The van der Waals surface area contributed by atoms with Crippen LogP contribution in [0.4, 0.5) is 23.2 Å². The summed E-state index contributed by atoms with van der Waals surface area (Å²) in [6.45, 7) is 2.97. The van der Waals surface area contributed by atoms with E-state index in [1.165, 1.54) is 16.4 Å². The second kappa shape index (κ2) is 6.86. The number of hydrogen-bond donors (Lipinski definition) is 2. The fourth-order valence-corrected chi connectivity index (χ4v) is 4.41. The zero-order valence-corrected chi connectivity index (χ0v) is 16.0. The van der Waals surface area contributed by atoms with Crippen molar-refractivity contribution < 1.29 is 17.6 Å². The number of aryl methyl sites for hydroxylation is 1. The van der Waals surface area contributed by atoms with Gasteiger partial charge in [0.2, 0.25) is 0 Å². The number of nitrogens with zero attached hydrogens (tertiary/aromatic N) is 2. The van der Waals surface area contributed by atoms with Crippen LogP contribution in [0.1, 0.15) is 43.4 Å². The van der Waals surface area contributed by atoms with Gasteiger partial charge in [-0.25, -0.2) is 22.4 Å². The quantitative estimate of drug-likeness (QED) is 0.754. The van der Waals surface area contributed by atoms with Crippen molar-refractivity contribution in [3.8, 4) is 0 Å². The Labute approximate surface area is 163 Å². The summed E-state index contributed by atoms with van der Waals surface area (Å²) in [6.07, 6.45) is -3.32. The molecule has 1 aliphatic heterocycles. The highest BCUT2D eigenvalue weighted by Gasteiger charge is 2.39. The molecule has 2 aromatic rings. The molecule has 0 amide bonds. The first-order valence-corrected chi connectivity index (χ1v) is 9.56. The lowest BCUT2D eigenvalue weighted by Crippen LogP contribution is -2.34. The molecular formula is C19H22F4N4O2. The van der Waals surface area contributed by atoms with Crippen LogP contribution in [-0.2, 0) is 0 Å². The maximum atomic E-state index is 15.3. The lowest BCUT2D eigenvalue weighted by atomic mass is 9.99. The third-order valence-corrected chi connectivity index (χ3v) is 5.98. The normalized spacial score (nSPS) is 23.4. The van der Waals surface area contributed by atoms with Crippen molar-refractivity contribution >= 4 is 16.6 Å². The van der Waals surface area contributed by atoms with Crippen molar-refractivity contribution in [2.75, 3.05) is 18.0 Å². The molecule has 1 aromatic heterocycles. The van der Waals surface area contributed by atoms with Crippen molar-refractivity contribution in [2.24, 2.45) is 11.7 Å². The van der Waals surface area contributed by atoms with Gasteiger partial charge in [-0.15, -0.1) is 0 Å². The average Bonchev–Trinajstić information content (AvgIpc) is 3.37. The summed E-state index contributed by atoms with van der Waals surface area (Å²) in [7, 11) is 0. The fraction of sp³-hybridized carbons (Fsp3) is 0.579. The van der Waals surface area contributed by atoms with E-state index in [-0.39, 0.29) is 35.9 Å². The first kappa shape index (κ1) is 19.9. The number of H-pyrrole nitrogens is 1.